The van der Waals surface area contributed by atoms with Crippen LogP contribution in [-0.4, -0.2) is 12.5 Å². The van der Waals surface area contributed by atoms with Crippen LogP contribution in [0, 0.1) is 25.2 Å². The molecule has 4 aromatic carbocycles. The zero-order chi connectivity index (χ0) is 26.4. The Morgan fingerprint density at radius 3 is 2.59 bits per heavy atom. The Morgan fingerprint density at radius 2 is 1.84 bits per heavy atom. The SMILES string of the molecule is CCOc1cc(/C=C(\C#N)C(=O)Nc2cccc(C)c2)cc(Cl)c1OCc1c(C)ccc2ccccc12. The van der Waals surface area contributed by atoms with Crippen LogP contribution in [0.15, 0.2) is 78.4 Å². The van der Waals surface area contributed by atoms with E-state index in [0.29, 0.717) is 41.0 Å². The molecular weight excluding hydrogens is 484 g/mol. The van der Waals surface area contributed by atoms with Crippen molar-refractivity contribution in [1.29, 1.82) is 5.26 Å². The minimum absolute atomic E-state index is 0.0555. The third kappa shape index (κ3) is 6.11. The van der Waals surface area contributed by atoms with E-state index in [1.54, 1.807) is 18.2 Å². The van der Waals surface area contributed by atoms with Crippen LogP contribution in [-0.2, 0) is 11.4 Å². The van der Waals surface area contributed by atoms with Crippen LogP contribution in [0.5, 0.6) is 11.5 Å². The minimum Gasteiger partial charge on any atom is -0.490 e. The predicted molar refractivity (Wildman–Crippen MR) is 149 cm³/mol. The number of nitrogens with zero attached hydrogens (tertiary/aromatic N) is 1. The molecule has 4 aromatic rings. The molecule has 186 valence electrons. The molecule has 0 heterocycles. The summed E-state index contributed by atoms with van der Waals surface area (Å²) in [6, 6.07) is 25.1. The van der Waals surface area contributed by atoms with Gasteiger partial charge in [0, 0.05) is 11.3 Å². The summed E-state index contributed by atoms with van der Waals surface area (Å²) < 4.78 is 12.0. The number of benzene rings is 4. The average molecular weight is 511 g/mol. The number of hydrogen-bond acceptors (Lipinski definition) is 4. The fourth-order valence-corrected chi connectivity index (χ4v) is 4.37. The van der Waals surface area contributed by atoms with Gasteiger partial charge >= 0.3 is 0 Å². The number of amides is 1. The smallest absolute Gasteiger partial charge is 0.266 e. The summed E-state index contributed by atoms with van der Waals surface area (Å²) in [7, 11) is 0. The van der Waals surface area contributed by atoms with Crippen LogP contribution in [0.4, 0.5) is 5.69 Å². The lowest BCUT2D eigenvalue weighted by molar-refractivity contribution is -0.112. The molecule has 0 saturated heterocycles. The largest absolute Gasteiger partial charge is 0.490 e. The second-order valence-electron chi connectivity index (χ2n) is 8.63. The number of fused-ring (bicyclic) bond motifs is 1. The summed E-state index contributed by atoms with van der Waals surface area (Å²) >= 11 is 6.63. The van der Waals surface area contributed by atoms with Gasteiger partial charge in [-0.15, -0.1) is 0 Å². The van der Waals surface area contributed by atoms with Crippen LogP contribution < -0.4 is 14.8 Å². The predicted octanol–water partition coefficient (Wildman–Crippen LogP) is 7.63. The van der Waals surface area contributed by atoms with E-state index < -0.39 is 5.91 Å². The fourth-order valence-electron chi connectivity index (χ4n) is 4.09. The Morgan fingerprint density at radius 1 is 1.03 bits per heavy atom. The number of nitrogens with one attached hydrogen (secondary N) is 1. The molecule has 0 atom stereocenters. The number of halogens is 1. The van der Waals surface area contributed by atoms with E-state index in [9.17, 15) is 10.1 Å². The van der Waals surface area contributed by atoms with Crippen molar-refractivity contribution in [3.05, 3.63) is 106 Å². The molecule has 4 rings (SSSR count). The highest BCUT2D eigenvalue weighted by molar-refractivity contribution is 6.32. The first kappa shape index (κ1) is 25.8. The summed E-state index contributed by atoms with van der Waals surface area (Å²) in [4.78, 5) is 12.7. The molecular formula is C31H27ClN2O3. The number of carbonyl (C=O) groups is 1. The van der Waals surface area contributed by atoms with E-state index in [2.05, 4.69) is 36.5 Å². The molecule has 0 aromatic heterocycles. The molecule has 0 bridgehead atoms. The molecule has 0 spiro atoms. The molecule has 37 heavy (non-hydrogen) atoms. The number of nitriles is 1. The van der Waals surface area contributed by atoms with Gasteiger partial charge in [0.2, 0.25) is 0 Å². The molecule has 0 unspecified atom stereocenters. The normalized spacial score (nSPS) is 11.2. The highest BCUT2D eigenvalue weighted by atomic mass is 35.5. The first-order chi connectivity index (χ1) is 17.9. The topological polar surface area (TPSA) is 71.3 Å². The number of anilines is 1. The number of carbonyl (C=O) groups excluding carboxylic acids is 1. The maximum absolute atomic E-state index is 12.7. The molecule has 0 fully saturated rings. The van der Waals surface area contributed by atoms with E-state index in [1.165, 1.54) is 6.08 Å². The Labute approximate surface area is 221 Å². The monoisotopic (exact) mass is 510 g/mol. The molecule has 1 N–H and O–H groups in total. The number of hydrogen-bond donors (Lipinski definition) is 1. The molecule has 0 aliphatic carbocycles. The lowest BCUT2D eigenvalue weighted by atomic mass is 10.0. The maximum Gasteiger partial charge on any atom is 0.266 e. The van der Waals surface area contributed by atoms with Gasteiger partial charge in [-0.2, -0.15) is 5.26 Å². The maximum atomic E-state index is 12.7. The third-order valence-electron chi connectivity index (χ3n) is 5.92. The molecule has 6 heteroatoms. The molecule has 0 radical (unpaired) electrons. The van der Waals surface area contributed by atoms with Crippen molar-refractivity contribution < 1.29 is 14.3 Å². The Bertz CT molecular complexity index is 1540. The number of rotatable bonds is 8. The van der Waals surface area contributed by atoms with Gasteiger partial charge in [0.05, 0.1) is 11.6 Å². The van der Waals surface area contributed by atoms with Gasteiger partial charge in [-0.05, 0) is 78.6 Å². The second-order valence-corrected chi connectivity index (χ2v) is 9.03. The first-order valence-corrected chi connectivity index (χ1v) is 12.3. The molecule has 0 saturated carbocycles. The molecule has 1 amide bonds. The van der Waals surface area contributed by atoms with Crippen LogP contribution in [0.25, 0.3) is 16.8 Å². The summed E-state index contributed by atoms with van der Waals surface area (Å²) in [5.74, 6) is 0.347. The highest BCUT2D eigenvalue weighted by Crippen LogP contribution is 2.38. The standard InChI is InChI=1S/C31H27ClN2O3/c1-4-36-29-17-22(15-24(18-33)31(35)34-25-10-7-8-20(2)14-25)16-28(32)30(29)37-19-27-21(3)12-13-23-9-5-6-11-26(23)27/h5-17H,4,19H2,1-3H3,(H,34,35)/b24-15+. The van der Waals surface area contributed by atoms with Crippen molar-refractivity contribution in [1.82, 2.24) is 0 Å². The van der Waals surface area contributed by atoms with Crippen LogP contribution >= 0.6 is 11.6 Å². The van der Waals surface area contributed by atoms with E-state index in [0.717, 1.165) is 27.5 Å². The fraction of sp³-hybridized carbons (Fsp3) is 0.161. The van der Waals surface area contributed by atoms with Gasteiger partial charge in [-0.3, -0.25) is 4.79 Å². The Balaban J connectivity index is 1.62. The Hall–Kier alpha value is -4.27. The minimum atomic E-state index is -0.506. The highest BCUT2D eigenvalue weighted by Gasteiger charge is 2.16. The second kappa shape index (κ2) is 11.6. The zero-order valence-electron chi connectivity index (χ0n) is 21.0. The molecule has 0 aliphatic heterocycles. The van der Waals surface area contributed by atoms with E-state index in [-0.39, 0.29) is 5.57 Å². The molecule has 0 aliphatic rings. The lowest BCUT2D eigenvalue weighted by Crippen LogP contribution is -2.13. The van der Waals surface area contributed by atoms with Crippen LogP contribution in [0.1, 0.15) is 29.2 Å². The van der Waals surface area contributed by atoms with E-state index in [4.69, 9.17) is 21.1 Å². The van der Waals surface area contributed by atoms with Crippen molar-refractivity contribution in [2.45, 2.75) is 27.4 Å². The van der Waals surface area contributed by atoms with Crippen molar-refractivity contribution in [3.8, 4) is 17.6 Å². The number of ether oxygens (including phenoxy) is 2. The van der Waals surface area contributed by atoms with Gasteiger partial charge in [-0.25, -0.2) is 0 Å². The van der Waals surface area contributed by atoms with Crippen LogP contribution in [0.2, 0.25) is 5.02 Å². The van der Waals surface area contributed by atoms with Gasteiger partial charge in [0.25, 0.3) is 5.91 Å². The van der Waals surface area contributed by atoms with Gasteiger partial charge < -0.3 is 14.8 Å². The summed E-state index contributed by atoms with van der Waals surface area (Å²) in [6.45, 7) is 6.55. The van der Waals surface area contributed by atoms with E-state index >= 15 is 0 Å². The summed E-state index contributed by atoms with van der Waals surface area (Å²) in [5, 5.41) is 15.0. The number of aryl methyl sites for hydroxylation is 2. The lowest BCUT2D eigenvalue weighted by Gasteiger charge is -2.16. The average Bonchev–Trinajstić information content (AvgIpc) is 2.88. The van der Waals surface area contributed by atoms with Gasteiger partial charge in [0.1, 0.15) is 18.2 Å². The van der Waals surface area contributed by atoms with Gasteiger partial charge in [-0.1, -0.05) is 60.1 Å². The van der Waals surface area contributed by atoms with Gasteiger partial charge in [0.15, 0.2) is 11.5 Å². The Kier molecular flexibility index (Phi) is 8.12. The van der Waals surface area contributed by atoms with E-state index in [1.807, 2.05) is 50.2 Å². The molecule has 5 nitrogen and oxygen atoms in total. The van der Waals surface area contributed by atoms with Crippen molar-refractivity contribution in [2.75, 3.05) is 11.9 Å². The summed E-state index contributed by atoms with van der Waals surface area (Å²) in [6.07, 6.45) is 1.48. The van der Waals surface area contributed by atoms with Crippen LogP contribution in [0.3, 0.4) is 0 Å². The van der Waals surface area contributed by atoms with Crippen molar-refractivity contribution in [3.63, 3.8) is 0 Å². The third-order valence-corrected chi connectivity index (χ3v) is 6.20. The van der Waals surface area contributed by atoms with Crippen molar-refractivity contribution >= 4 is 40.0 Å². The first-order valence-electron chi connectivity index (χ1n) is 12.0. The zero-order valence-corrected chi connectivity index (χ0v) is 21.7. The quantitative estimate of drug-likeness (QED) is 0.195. The summed E-state index contributed by atoms with van der Waals surface area (Å²) in [5.41, 5.74) is 4.30. The van der Waals surface area contributed by atoms with Crippen molar-refractivity contribution in [2.24, 2.45) is 0 Å².